The molecule has 6 rings (SSSR count). The van der Waals surface area contributed by atoms with E-state index in [-0.39, 0.29) is 5.75 Å². The van der Waals surface area contributed by atoms with Crippen LogP contribution >= 0.6 is 0 Å². The monoisotopic (exact) mass is 405 g/mol. The van der Waals surface area contributed by atoms with Gasteiger partial charge in [0.2, 0.25) is 0 Å². The van der Waals surface area contributed by atoms with Crippen LogP contribution in [0.3, 0.4) is 0 Å². The molecule has 0 spiro atoms. The number of rotatable bonds is 3. The maximum absolute atomic E-state index is 9.76. The normalized spacial score (nSPS) is 11.4. The lowest BCUT2D eigenvalue weighted by Crippen LogP contribution is -1.86. The molecule has 0 bridgehead atoms. The molecule has 0 saturated heterocycles. The van der Waals surface area contributed by atoms with Gasteiger partial charge in [-0.15, -0.1) is 0 Å². The molecular formula is C23H15N7O. The Labute approximate surface area is 175 Å². The molecule has 31 heavy (non-hydrogen) atoms. The standard InChI is InChI=1S/C23H15N7O/c31-14-7-13(9-24-10-14)17-4-5-19-22(28-17)23(30-29-19)20-8-15-16(11-25-12-21(15)27-20)18-3-1-2-6-26-18/h1-12,27,31H,(H,29,30). The van der Waals surface area contributed by atoms with Gasteiger partial charge in [-0.1, -0.05) is 6.07 Å². The Morgan fingerprint density at radius 2 is 1.77 bits per heavy atom. The van der Waals surface area contributed by atoms with Gasteiger partial charge in [0.1, 0.15) is 17.0 Å². The summed E-state index contributed by atoms with van der Waals surface area (Å²) < 4.78 is 0. The lowest BCUT2D eigenvalue weighted by molar-refractivity contribution is 0.473. The number of aromatic hydroxyl groups is 1. The fourth-order valence-electron chi connectivity index (χ4n) is 3.72. The third kappa shape index (κ3) is 2.89. The minimum Gasteiger partial charge on any atom is -0.506 e. The molecule has 0 aliphatic heterocycles. The molecule has 0 aromatic carbocycles. The van der Waals surface area contributed by atoms with Crippen LogP contribution in [0.1, 0.15) is 0 Å². The zero-order chi connectivity index (χ0) is 20.8. The van der Waals surface area contributed by atoms with Crippen molar-refractivity contribution in [3.05, 3.63) is 73.4 Å². The zero-order valence-corrected chi connectivity index (χ0v) is 16.1. The van der Waals surface area contributed by atoms with Crippen LogP contribution in [0.15, 0.2) is 73.4 Å². The largest absolute Gasteiger partial charge is 0.506 e. The van der Waals surface area contributed by atoms with Crippen LogP contribution in [0.2, 0.25) is 0 Å². The summed E-state index contributed by atoms with van der Waals surface area (Å²) in [5, 5.41) is 18.3. The molecule has 148 valence electrons. The number of hydrogen-bond donors (Lipinski definition) is 3. The van der Waals surface area contributed by atoms with Crippen LogP contribution in [-0.2, 0) is 0 Å². The summed E-state index contributed by atoms with van der Waals surface area (Å²) in [5.41, 5.74) is 7.18. The van der Waals surface area contributed by atoms with Crippen LogP contribution < -0.4 is 0 Å². The summed E-state index contributed by atoms with van der Waals surface area (Å²) in [4.78, 5) is 21.0. The first-order valence-electron chi connectivity index (χ1n) is 9.64. The highest BCUT2D eigenvalue weighted by Crippen LogP contribution is 2.33. The van der Waals surface area contributed by atoms with Crippen LogP contribution in [0.4, 0.5) is 0 Å². The van der Waals surface area contributed by atoms with Gasteiger partial charge in [0.15, 0.2) is 0 Å². The molecule has 0 unspecified atom stereocenters. The van der Waals surface area contributed by atoms with E-state index in [4.69, 9.17) is 4.98 Å². The topological polar surface area (TPSA) is 116 Å². The smallest absolute Gasteiger partial charge is 0.135 e. The molecule has 0 saturated carbocycles. The molecule has 0 fully saturated rings. The minimum absolute atomic E-state index is 0.0944. The SMILES string of the molecule is Oc1cncc(-c2ccc3[nH]nc(-c4cc5c(-c6ccccn6)cncc5[nH]4)c3n2)c1. The summed E-state index contributed by atoms with van der Waals surface area (Å²) in [5.74, 6) is 0.0944. The second-order valence-corrected chi connectivity index (χ2v) is 7.14. The van der Waals surface area contributed by atoms with Gasteiger partial charge in [0.25, 0.3) is 0 Å². The highest BCUT2D eigenvalue weighted by molar-refractivity contribution is 5.99. The van der Waals surface area contributed by atoms with Crippen molar-refractivity contribution in [2.24, 2.45) is 0 Å². The molecule has 0 atom stereocenters. The molecule has 6 aromatic heterocycles. The molecule has 6 aromatic rings. The number of aromatic amines is 2. The van der Waals surface area contributed by atoms with Crippen molar-refractivity contribution in [3.63, 3.8) is 0 Å². The first-order valence-corrected chi connectivity index (χ1v) is 9.64. The van der Waals surface area contributed by atoms with E-state index in [1.54, 1.807) is 24.7 Å². The van der Waals surface area contributed by atoms with Crippen LogP contribution in [0.25, 0.3) is 55.8 Å². The Balaban J connectivity index is 1.51. The Hall–Kier alpha value is -4.59. The second kappa shape index (κ2) is 6.74. The second-order valence-electron chi connectivity index (χ2n) is 7.14. The Bertz CT molecular complexity index is 1550. The van der Waals surface area contributed by atoms with Gasteiger partial charge < -0.3 is 10.1 Å². The lowest BCUT2D eigenvalue weighted by Gasteiger charge is -2.01. The van der Waals surface area contributed by atoms with Crippen molar-refractivity contribution in [2.75, 3.05) is 0 Å². The van der Waals surface area contributed by atoms with Gasteiger partial charge in [-0.05, 0) is 36.4 Å². The first kappa shape index (κ1) is 17.3. The van der Waals surface area contributed by atoms with Gasteiger partial charge in [-0.2, -0.15) is 5.10 Å². The van der Waals surface area contributed by atoms with Crippen LogP contribution in [-0.4, -0.2) is 40.2 Å². The van der Waals surface area contributed by atoms with Gasteiger partial charge in [-0.25, -0.2) is 4.98 Å². The molecule has 6 heterocycles. The van der Waals surface area contributed by atoms with Crippen molar-refractivity contribution >= 4 is 21.9 Å². The summed E-state index contributed by atoms with van der Waals surface area (Å²) in [7, 11) is 0. The predicted octanol–water partition coefficient (Wildman–Crippen LogP) is 4.33. The molecule has 0 aliphatic rings. The van der Waals surface area contributed by atoms with E-state index in [0.717, 1.165) is 44.5 Å². The van der Waals surface area contributed by atoms with Crippen LogP contribution in [0.5, 0.6) is 5.75 Å². The van der Waals surface area contributed by atoms with Gasteiger partial charge in [0, 0.05) is 35.1 Å². The summed E-state index contributed by atoms with van der Waals surface area (Å²) in [6, 6.07) is 13.3. The predicted molar refractivity (Wildman–Crippen MR) is 117 cm³/mol. The Morgan fingerprint density at radius 3 is 2.65 bits per heavy atom. The lowest BCUT2D eigenvalue weighted by atomic mass is 10.1. The third-order valence-corrected chi connectivity index (χ3v) is 5.17. The zero-order valence-electron chi connectivity index (χ0n) is 16.1. The first-order chi connectivity index (χ1) is 15.3. The van der Waals surface area contributed by atoms with Crippen molar-refractivity contribution in [1.29, 1.82) is 0 Å². The number of fused-ring (bicyclic) bond motifs is 2. The van der Waals surface area contributed by atoms with Crippen LogP contribution in [0, 0.1) is 0 Å². The highest BCUT2D eigenvalue weighted by atomic mass is 16.3. The molecule has 0 amide bonds. The van der Waals surface area contributed by atoms with Gasteiger partial charge in [-0.3, -0.25) is 20.1 Å². The molecule has 8 nitrogen and oxygen atoms in total. The van der Waals surface area contributed by atoms with E-state index in [0.29, 0.717) is 11.4 Å². The number of aromatic nitrogens is 7. The van der Waals surface area contributed by atoms with Gasteiger partial charge >= 0.3 is 0 Å². The van der Waals surface area contributed by atoms with Crippen molar-refractivity contribution < 1.29 is 5.11 Å². The van der Waals surface area contributed by atoms with E-state index in [2.05, 4.69) is 30.1 Å². The van der Waals surface area contributed by atoms with E-state index in [9.17, 15) is 5.11 Å². The van der Waals surface area contributed by atoms with Crippen molar-refractivity contribution in [1.82, 2.24) is 35.1 Å². The molecule has 8 heteroatoms. The fourth-order valence-corrected chi connectivity index (χ4v) is 3.72. The number of H-pyrrole nitrogens is 2. The Morgan fingerprint density at radius 1 is 0.839 bits per heavy atom. The minimum atomic E-state index is 0.0944. The summed E-state index contributed by atoms with van der Waals surface area (Å²) in [6.07, 6.45) is 8.43. The number of nitrogens with zero attached hydrogens (tertiary/aromatic N) is 5. The summed E-state index contributed by atoms with van der Waals surface area (Å²) in [6.45, 7) is 0. The number of hydrogen-bond acceptors (Lipinski definition) is 6. The molecule has 0 radical (unpaired) electrons. The maximum Gasteiger partial charge on any atom is 0.135 e. The van der Waals surface area contributed by atoms with Gasteiger partial charge in [0.05, 0.1) is 40.5 Å². The van der Waals surface area contributed by atoms with Crippen molar-refractivity contribution in [3.8, 4) is 39.7 Å². The third-order valence-electron chi connectivity index (χ3n) is 5.17. The fraction of sp³-hybridized carbons (Fsp3) is 0. The van der Waals surface area contributed by atoms with E-state index in [1.165, 1.54) is 6.20 Å². The Kier molecular flexibility index (Phi) is 3.76. The molecule has 0 aliphatic carbocycles. The molecule has 3 N–H and O–H groups in total. The maximum atomic E-state index is 9.76. The average Bonchev–Trinajstić information content (AvgIpc) is 3.43. The highest BCUT2D eigenvalue weighted by Gasteiger charge is 2.16. The average molecular weight is 405 g/mol. The van der Waals surface area contributed by atoms with E-state index >= 15 is 0 Å². The summed E-state index contributed by atoms with van der Waals surface area (Å²) >= 11 is 0. The van der Waals surface area contributed by atoms with Crippen molar-refractivity contribution in [2.45, 2.75) is 0 Å². The van der Waals surface area contributed by atoms with E-state index in [1.807, 2.05) is 42.6 Å². The quantitative estimate of drug-likeness (QED) is 0.403. The van der Waals surface area contributed by atoms with E-state index < -0.39 is 0 Å². The number of nitrogens with one attached hydrogen (secondary N) is 2. The molecular weight excluding hydrogens is 390 g/mol. The number of pyridine rings is 4.